The highest BCUT2D eigenvalue weighted by atomic mass is 16.5. The van der Waals surface area contributed by atoms with E-state index in [0.717, 1.165) is 18.9 Å². The van der Waals surface area contributed by atoms with Crippen LogP contribution in [0.4, 0.5) is 0 Å². The largest absolute Gasteiger partial charge is 0.378 e. The molecule has 3 atom stereocenters. The molecule has 82 valence electrons. The van der Waals surface area contributed by atoms with Gasteiger partial charge in [0.15, 0.2) is 0 Å². The molecule has 1 saturated heterocycles. The zero-order valence-electron chi connectivity index (χ0n) is 9.04. The molecule has 1 heterocycles. The zero-order chi connectivity index (χ0) is 9.97. The third-order valence-electron chi connectivity index (χ3n) is 3.97. The fourth-order valence-corrected chi connectivity index (χ4v) is 2.90. The van der Waals surface area contributed by atoms with Gasteiger partial charge >= 0.3 is 0 Å². The Kier molecular flexibility index (Phi) is 3.42. The van der Waals surface area contributed by atoms with Crippen molar-refractivity contribution in [3.63, 3.8) is 0 Å². The van der Waals surface area contributed by atoms with Gasteiger partial charge in [0.05, 0.1) is 6.10 Å². The van der Waals surface area contributed by atoms with E-state index in [0.29, 0.717) is 18.1 Å². The van der Waals surface area contributed by atoms with Crippen LogP contribution >= 0.6 is 0 Å². The Balaban J connectivity index is 1.95. The molecule has 2 rings (SSSR count). The SMILES string of the molecule is CCC1OCCC1C(NN)C1CCC1. The molecule has 1 aliphatic carbocycles. The summed E-state index contributed by atoms with van der Waals surface area (Å²) in [7, 11) is 0. The van der Waals surface area contributed by atoms with Crippen molar-refractivity contribution in [1.29, 1.82) is 0 Å². The van der Waals surface area contributed by atoms with Crippen LogP contribution in [0.25, 0.3) is 0 Å². The first kappa shape index (κ1) is 10.4. The third-order valence-corrected chi connectivity index (χ3v) is 3.97. The molecular weight excluding hydrogens is 176 g/mol. The number of hydrazine groups is 1. The minimum Gasteiger partial charge on any atom is -0.378 e. The predicted molar refractivity (Wildman–Crippen MR) is 56.6 cm³/mol. The van der Waals surface area contributed by atoms with E-state index in [-0.39, 0.29) is 0 Å². The quantitative estimate of drug-likeness (QED) is 0.531. The number of ether oxygens (including phenoxy) is 1. The lowest BCUT2D eigenvalue weighted by Gasteiger charge is -2.38. The van der Waals surface area contributed by atoms with Crippen LogP contribution in [0.2, 0.25) is 0 Å². The van der Waals surface area contributed by atoms with Gasteiger partial charge in [0.25, 0.3) is 0 Å². The van der Waals surface area contributed by atoms with E-state index in [1.165, 1.54) is 25.7 Å². The molecule has 0 amide bonds. The van der Waals surface area contributed by atoms with Crippen LogP contribution in [0.1, 0.15) is 39.0 Å². The molecule has 0 aromatic heterocycles. The lowest BCUT2D eigenvalue weighted by atomic mass is 9.73. The van der Waals surface area contributed by atoms with Crippen molar-refractivity contribution in [3.05, 3.63) is 0 Å². The van der Waals surface area contributed by atoms with E-state index < -0.39 is 0 Å². The van der Waals surface area contributed by atoms with Gasteiger partial charge in [0, 0.05) is 18.6 Å². The molecule has 0 spiro atoms. The summed E-state index contributed by atoms with van der Waals surface area (Å²) in [4.78, 5) is 0. The standard InChI is InChI=1S/C11H22N2O/c1-2-10-9(6-7-14-10)11(13-12)8-4-3-5-8/h8-11,13H,2-7,12H2,1H3. The molecule has 2 fully saturated rings. The molecule has 3 unspecified atom stereocenters. The van der Waals surface area contributed by atoms with Gasteiger partial charge in [-0.3, -0.25) is 11.3 Å². The first-order chi connectivity index (χ1) is 6.86. The maximum absolute atomic E-state index is 5.72. The highest BCUT2D eigenvalue weighted by Crippen LogP contribution is 2.37. The van der Waals surface area contributed by atoms with E-state index >= 15 is 0 Å². The van der Waals surface area contributed by atoms with Crippen molar-refractivity contribution >= 4 is 0 Å². The molecule has 3 heteroatoms. The Morgan fingerprint density at radius 2 is 2.21 bits per heavy atom. The Labute approximate surface area is 86.4 Å². The summed E-state index contributed by atoms with van der Waals surface area (Å²) in [5.41, 5.74) is 3.03. The van der Waals surface area contributed by atoms with Gasteiger partial charge in [0.1, 0.15) is 0 Å². The smallest absolute Gasteiger partial charge is 0.0617 e. The van der Waals surface area contributed by atoms with Crippen molar-refractivity contribution in [2.75, 3.05) is 6.61 Å². The number of nitrogens with one attached hydrogen (secondary N) is 1. The summed E-state index contributed by atoms with van der Waals surface area (Å²) in [6, 6.07) is 0.496. The fraction of sp³-hybridized carbons (Fsp3) is 1.00. The van der Waals surface area contributed by atoms with E-state index in [9.17, 15) is 0 Å². The van der Waals surface area contributed by atoms with Crippen LogP contribution in [-0.4, -0.2) is 18.8 Å². The van der Waals surface area contributed by atoms with Gasteiger partial charge in [-0.05, 0) is 31.6 Å². The van der Waals surface area contributed by atoms with Crippen LogP contribution in [0.5, 0.6) is 0 Å². The van der Waals surface area contributed by atoms with E-state index in [2.05, 4.69) is 12.3 Å². The average molecular weight is 198 g/mol. The van der Waals surface area contributed by atoms with Gasteiger partial charge in [-0.25, -0.2) is 0 Å². The van der Waals surface area contributed by atoms with Gasteiger partial charge in [-0.2, -0.15) is 0 Å². The summed E-state index contributed by atoms with van der Waals surface area (Å²) in [5, 5.41) is 0. The number of hydrogen-bond acceptors (Lipinski definition) is 3. The number of nitrogens with two attached hydrogens (primary N) is 1. The van der Waals surface area contributed by atoms with Gasteiger partial charge < -0.3 is 4.74 Å². The van der Waals surface area contributed by atoms with E-state index in [1.807, 2.05) is 0 Å². The summed E-state index contributed by atoms with van der Waals surface area (Å²) in [5.74, 6) is 7.13. The van der Waals surface area contributed by atoms with Crippen LogP contribution in [0.15, 0.2) is 0 Å². The molecule has 3 nitrogen and oxygen atoms in total. The minimum absolute atomic E-state index is 0.441. The average Bonchev–Trinajstić information content (AvgIpc) is 2.58. The first-order valence-electron chi connectivity index (χ1n) is 5.94. The molecule has 3 N–H and O–H groups in total. The topological polar surface area (TPSA) is 47.3 Å². The first-order valence-corrected chi connectivity index (χ1v) is 5.94. The number of hydrogen-bond donors (Lipinski definition) is 2. The Bertz CT molecular complexity index is 182. The molecule has 2 aliphatic rings. The lowest BCUT2D eigenvalue weighted by Crippen LogP contribution is -2.50. The summed E-state index contributed by atoms with van der Waals surface area (Å²) in [6.07, 6.45) is 6.83. The summed E-state index contributed by atoms with van der Waals surface area (Å²) >= 11 is 0. The van der Waals surface area contributed by atoms with E-state index in [1.54, 1.807) is 0 Å². The molecule has 1 aliphatic heterocycles. The van der Waals surface area contributed by atoms with Gasteiger partial charge in [-0.15, -0.1) is 0 Å². The second-order valence-corrected chi connectivity index (χ2v) is 4.65. The molecule has 14 heavy (non-hydrogen) atoms. The summed E-state index contributed by atoms with van der Waals surface area (Å²) < 4.78 is 5.72. The van der Waals surface area contributed by atoms with Crippen molar-refractivity contribution < 1.29 is 4.74 Å². The number of rotatable bonds is 4. The molecule has 0 aromatic carbocycles. The Morgan fingerprint density at radius 1 is 1.43 bits per heavy atom. The lowest BCUT2D eigenvalue weighted by molar-refractivity contribution is 0.0594. The molecule has 0 radical (unpaired) electrons. The van der Waals surface area contributed by atoms with Crippen LogP contribution < -0.4 is 11.3 Å². The normalized spacial score (nSPS) is 35.6. The highest BCUT2D eigenvalue weighted by Gasteiger charge is 2.39. The van der Waals surface area contributed by atoms with Crippen molar-refractivity contribution in [2.45, 2.75) is 51.2 Å². The van der Waals surface area contributed by atoms with Gasteiger partial charge in [0.2, 0.25) is 0 Å². The molecule has 1 saturated carbocycles. The van der Waals surface area contributed by atoms with E-state index in [4.69, 9.17) is 10.6 Å². The van der Waals surface area contributed by atoms with Crippen molar-refractivity contribution in [1.82, 2.24) is 5.43 Å². The zero-order valence-corrected chi connectivity index (χ0v) is 9.04. The van der Waals surface area contributed by atoms with Crippen molar-refractivity contribution in [3.8, 4) is 0 Å². The minimum atomic E-state index is 0.441. The predicted octanol–water partition coefficient (Wildman–Crippen LogP) is 1.43. The molecular formula is C11H22N2O. The summed E-state index contributed by atoms with van der Waals surface area (Å²) in [6.45, 7) is 3.13. The maximum atomic E-state index is 5.72. The third kappa shape index (κ3) is 1.81. The second-order valence-electron chi connectivity index (χ2n) is 4.65. The van der Waals surface area contributed by atoms with Crippen LogP contribution in [-0.2, 0) is 4.74 Å². The fourth-order valence-electron chi connectivity index (χ4n) is 2.90. The maximum Gasteiger partial charge on any atom is 0.0617 e. The Morgan fingerprint density at radius 3 is 2.71 bits per heavy atom. The van der Waals surface area contributed by atoms with Gasteiger partial charge in [-0.1, -0.05) is 13.3 Å². The molecule has 0 bridgehead atoms. The second kappa shape index (κ2) is 4.60. The Hall–Kier alpha value is -0.120. The van der Waals surface area contributed by atoms with Crippen molar-refractivity contribution in [2.24, 2.45) is 17.7 Å². The van der Waals surface area contributed by atoms with Crippen LogP contribution in [0.3, 0.4) is 0 Å². The van der Waals surface area contributed by atoms with Crippen LogP contribution in [0, 0.1) is 11.8 Å². The highest BCUT2D eigenvalue weighted by molar-refractivity contribution is 4.91. The monoisotopic (exact) mass is 198 g/mol. The molecule has 0 aromatic rings.